The molecule has 0 unspecified atom stereocenters. The van der Waals surface area contributed by atoms with E-state index in [0.717, 1.165) is 45.4 Å². The molecule has 0 spiro atoms. The molecular formula is C32H28F2N6O5S. The first-order valence-corrected chi connectivity index (χ1v) is 15.3. The summed E-state index contributed by atoms with van der Waals surface area (Å²) in [7, 11) is 3.60. The van der Waals surface area contributed by atoms with Crippen molar-refractivity contribution >= 4 is 39.0 Å². The number of hydrogen-bond donors (Lipinski definition) is 0. The number of rotatable bonds is 8. The van der Waals surface area contributed by atoms with Crippen LogP contribution in [0.15, 0.2) is 70.3 Å². The summed E-state index contributed by atoms with van der Waals surface area (Å²) in [5.41, 5.74) is -0.955. The predicted octanol–water partition coefficient (Wildman–Crippen LogP) is 5.09. The Morgan fingerprint density at radius 1 is 0.935 bits per heavy atom. The first-order chi connectivity index (χ1) is 22.0. The third-order valence-electron chi connectivity index (χ3n) is 7.81. The molecule has 6 rings (SSSR count). The van der Waals surface area contributed by atoms with Gasteiger partial charge in [-0.15, -0.1) is 11.3 Å². The normalized spacial score (nSPS) is 13.6. The van der Waals surface area contributed by atoms with Crippen molar-refractivity contribution in [1.82, 2.24) is 19.0 Å². The minimum Gasteiger partial charge on any atom is -0.305 e. The van der Waals surface area contributed by atoms with Crippen LogP contribution in [0.1, 0.15) is 30.4 Å². The van der Waals surface area contributed by atoms with Crippen LogP contribution in [0.25, 0.3) is 26.5 Å². The number of halogens is 2. The highest BCUT2D eigenvalue weighted by atomic mass is 32.1. The molecule has 3 aromatic heterocycles. The molecule has 1 saturated heterocycles. The molecule has 4 heterocycles. The number of aromatic nitrogens is 3. The molecular weight excluding hydrogens is 618 g/mol. The second-order valence-electron chi connectivity index (χ2n) is 11.2. The number of pyridine rings is 1. The number of non-ortho nitro benzene ring substituents is 1. The highest BCUT2D eigenvalue weighted by molar-refractivity contribution is 7.22. The molecule has 0 aliphatic carbocycles. The number of carbonyl (C=O) groups excluding carboxylic acids is 1. The van der Waals surface area contributed by atoms with E-state index in [2.05, 4.69) is 4.98 Å². The highest BCUT2D eigenvalue weighted by Gasteiger charge is 2.27. The zero-order valence-corrected chi connectivity index (χ0v) is 25.7. The number of piperidine rings is 1. The number of anilines is 1. The lowest BCUT2D eigenvalue weighted by Gasteiger charge is -2.26. The van der Waals surface area contributed by atoms with Gasteiger partial charge in [-0.25, -0.2) is 23.1 Å². The monoisotopic (exact) mass is 646 g/mol. The number of nitro groups is 1. The van der Waals surface area contributed by atoms with E-state index in [4.69, 9.17) is 0 Å². The number of thiophene rings is 1. The van der Waals surface area contributed by atoms with Crippen molar-refractivity contribution in [2.75, 3.05) is 25.5 Å². The van der Waals surface area contributed by atoms with Gasteiger partial charge < -0.3 is 4.90 Å². The molecule has 0 saturated carbocycles. The summed E-state index contributed by atoms with van der Waals surface area (Å²) in [6.07, 6.45) is 1.89. The Bertz CT molecular complexity index is 2100. The van der Waals surface area contributed by atoms with Gasteiger partial charge in [0.1, 0.15) is 28.1 Å². The summed E-state index contributed by atoms with van der Waals surface area (Å²) in [5.74, 6) is -1.60. The maximum Gasteiger partial charge on any atom is 0.338 e. The maximum atomic E-state index is 15.0. The van der Waals surface area contributed by atoms with Gasteiger partial charge in [-0.05, 0) is 74.5 Å². The number of fused-ring (bicyclic) bond motifs is 1. The van der Waals surface area contributed by atoms with Crippen LogP contribution in [0, 0.1) is 21.7 Å². The lowest BCUT2D eigenvalue weighted by molar-refractivity contribution is -0.384. The summed E-state index contributed by atoms with van der Waals surface area (Å²) >= 11 is 1.08. The third kappa shape index (κ3) is 5.61. The largest absolute Gasteiger partial charge is 0.338 e. The molecule has 0 bridgehead atoms. The van der Waals surface area contributed by atoms with Crippen molar-refractivity contribution in [3.63, 3.8) is 0 Å². The molecule has 1 aliphatic heterocycles. The summed E-state index contributed by atoms with van der Waals surface area (Å²) in [6.45, 7) is 0.153. The highest BCUT2D eigenvalue weighted by Crippen LogP contribution is 2.38. The van der Waals surface area contributed by atoms with Gasteiger partial charge in [0, 0.05) is 42.1 Å². The van der Waals surface area contributed by atoms with Gasteiger partial charge >= 0.3 is 5.69 Å². The number of hydrogen-bond acceptors (Lipinski definition) is 8. The number of amides is 1. The number of nitro benzene ring substituents is 1. The van der Waals surface area contributed by atoms with Crippen LogP contribution in [0.2, 0.25) is 0 Å². The summed E-state index contributed by atoms with van der Waals surface area (Å²) in [5, 5.41) is 11.4. The number of benzene rings is 2. The second kappa shape index (κ2) is 12.4. The van der Waals surface area contributed by atoms with Gasteiger partial charge in [0.25, 0.3) is 11.2 Å². The Morgan fingerprint density at radius 3 is 2.26 bits per heavy atom. The molecule has 1 aliphatic rings. The number of carbonyl (C=O) groups is 1. The van der Waals surface area contributed by atoms with E-state index < -0.39 is 34.4 Å². The lowest BCUT2D eigenvalue weighted by atomic mass is 10.1. The maximum absolute atomic E-state index is 15.0. The van der Waals surface area contributed by atoms with Crippen LogP contribution < -0.4 is 16.1 Å². The van der Waals surface area contributed by atoms with E-state index >= 15 is 0 Å². The molecule has 0 atom stereocenters. The standard InChI is InChI=1S/C32H28F2N6O5S/c1-36(2)17-22-28-30(42)39(26-10-6-9-25(35-26)37-16-4-3-11-27(37)41)32(43)38(18-21-23(33)7-5-8-24(21)34)31(28)46-29(22)19-12-14-20(15-13-19)40(44)45/h5-10,12-15H,3-4,11,16-18H2,1-2H3. The lowest BCUT2D eigenvalue weighted by Crippen LogP contribution is -2.40. The first kappa shape index (κ1) is 30.9. The minimum atomic E-state index is -0.873. The van der Waals surface area contributed by atoms with E-state index in [0.29, 0.717) is 29.0 Å². The molecule has 2 aromatic carbocycles. The molecule has 0 radical (unpaired) electrons. The van der Waals surface area contributed by atoms with Crippen LogP contribution in [-0.4, -0.2) is 50.5 Å². The third-order valence-corrected chi connectivity index (χ3v) is 9.12. The van der Waals surface area contributed by atoms with Crippen molar-refractivity contribution in [3.8, 4) is 16.3 Å². The molecule has 236 valence electrons. The average molecular weight is 647 g/mol. The number of nitrogens with zero attached hydrogens (tertiary/aromatic N) is 6. The summed E-state index contributed by atoms with van der Waals surface area (Å²) in [4.78, 5) is 60.7. The van der Waals surface area contributed by atoms with Gasteiger partial charge in [-0.1, -0.05) is 12.1 Å². The van der Waals surface area contributed by atoms with Crippen LogP contribution >= 0.6 is 11.3 Å². The zero-order chi connectivity index (χ0) is 32.7. The van der Waals surface area contributed by atoms with Gasteiger partial charge in [0.15, 0.2) is 0 Å². The fourth-order valence-corrected chi connectivity index (χ4v) is 6.92. The van der Waals surface area contributed by atoms with Crippen molar-refractivity contribution < 1.29 is 18.5 Å². The predicted molar refractivity (Wildman–Crippen MR) is 171 cm³/mol. The van der Waals surface area contributed by atoms with Gasteiger partial charge in [-0.2, -0.15) is 0 Å². The smallest absolute Gasteiger partial charge is 0.305 e. The molecule has 0 N–H and O–H groups in total. The van der Waals surface area contributed by atoms with Crippen molar-refractivity contribution in [1.29, 1.82) is 0 Å². The fourth-order valence-electron chi connectivity index (χ4n) is 5.62. The Morgan fingerprint density at radius 2 is 1.61 bits per heavy atom. The zero-order valence-electron chi connectivity index (χ0n) is 24.9. The average Bonchev–Trinajstić information content (AvgIpc) is 3.39. The van der Waals surface area contributed by atoms with E-state index in [9.17, 15) is 33.3 Å². The SMILES string of the molecule is CN(C)Cc1c(-c2ccc([N+](=O)[O-])cc2)sc2c1c(=O)n(-c1cccc(N3CCCCC3=O)n1)c(=O)n2Cc1c(F)cccc1F. The molecule has 1 fully saturated rings. The molecule has 14 heteroatoms. The molecule has 1 amide bonds. The van der Waals surface area contributed by atoms with Crippen molar-refractivity contribution in [2.45, 2.75) is 32.4 Å². The quantitative estimate of drug-likeness (QED) is 0.170. The van der Waals surface area contributed by atoms with E-state index in [1.54, 1.807) is 38.4 Å². The van der Waals surface area contributed by atoms with E-state index in [-0.39, 0.29) is 45.6 Å². The van der Waals surface area contributed by atoms with Crippen LogP contribution in [0.5, 0.6) is 0 Å². The fraction of sp³-hybridized carbons (Fsp3) is 0.250. The molecule has 46 heavy (non-hydrogen) atoms. The first-order valence-electron chi connectivity index (χ1n) is 14.5. The Kier molecular flexibility index (Phi) is 8.32. The summed E-state index contributed by atoms with van der Waals surface area (Å²) in [6, 6.07) is 13.9. The van der Waals surface area contributed by atoms with Crippen molar-refractivity contribution in [2.24, 2.45) is 0 Å². The minimum absolute atomic E-state index is 0.0468. The Hall–Kier alpha value is -5.08. The van der Waals surface area contributed by atoms with Gasteiger partial charge in [0.05, 0.1) is 16.9 Å². The van der Waals surface area contributed by atoms with E-state index in [1.807, 2.05) is 4.90 Å². The van der Waals surface area contributed by atoms with Crippen LogP contribution in [-0.2, 0) is 17.9 Å². The van der Waals surface area contributed by atoms with Crippen LogP contribution in [0.4, 0.5) is 20.3 Å². The Labute approximate surface area is 264 Å². The van der Waals surface area contributed by atoms with Gasteiger partial charge in [0.2, 0.25) is 5.91 Å². The summed E-state index contributed by atoms with van der Waals surface area (Å²) < 4.78 is 31.9. The van der Waals surface area contributed by atoms with Crippen molar-refractivity contribution in [3.05, 3.63) is 114 Å². The van der Waals surface area contributed by atoms with Crippen LogP contribution in [0.3, 0.4) is 0 Å². The Balaban J connectivity index is 1.66. The molecule has 11 nitrogen and oxygen atoms in total. The van der Waals surface area contributed by atoms with E-state index in [1.165, 1.54) is 29.2 Å². The topological polar surface area (TPSA) is 124 Å². The van der Waals surface area contributed by atoms with Gasteiger partial charge in [-0.3, -0.25) is 29.2 Å². The second-order valence-corrected chi connectivity index (χ2v) is 12.2. The molecule has 5 aromatic rings.